The van der Waals surface area contributed by atoms with Gasteiger partial charge in [0.15, 0.2) is 5.76 Å². The number of amides is 2. The molecule has 0 bridgehead atoms. The van der Waals surface area contributed by atoms with E-state index in [0.717, 1.165) is 48.2 Å². The van der Waals surface area contributed by atoms with Gasteiger partial charge in [-0.1, -0.05) is 49.6 Å². The first kappa shape index (κ1) is 31.1. The molecule has 0 saturated heterocycles. The van der Waals surface area contributed by atoms with E-state index in [4.69, 9.17) is 4.42 Å². The quantitative estimate of drug-likeness (QED) is 0.183. The monoisotopic (exact) mass is 614 g/mol. The summed E-state index contributed by atoms with van der Waals surface area (Å²) in [5, 5.41) is 12.0. The normalized spacial score (nSPS) is 14.2. The van der Waals surface area contributed by atoms with E-state index in [1.54, 1.807) is 18.5 Å². The lowest BCUT2D eigenvalue weighted by molar-refractivity contribution is -0.139. The number of furan rings is 1. The molecule has 2 aromatic carbocycles. The van der Waals surface area contributed by atoms with Crippen molar-refractivity contribution in [1.82, 2.24) is 14.9 Å². The molecule has 1 unspecified atom stereocenters. The minimum absolute atomic E-state index is 0.00869. The van der Waals surface area contributed by atoms with E-state index in [-0.39, 0.29) is 17.6 Å². The number of anilines is 1. The first-order chi connectivity index (χ1) is 21.4. The Hall–Kier alpha value is -4.31. The second kappa shape index (κ2) is 14.9. The van der Waals surface area contributed by atoms with E-state index >= 15 is 0 Å². The van der Waals surface area contributed by atoms with Gasteiger partial charge in [0, 0.05) is 29.9 Å². The van der Waals surface area contributed by atoms with Crippen molar-refractivity contribution in [1.29, 1.82) is 0 Å². The molecule has 1 fully saturated rings. The molecule has 2 aromatic heterocycles. The van der Waals surface area contributed by atoms with Crippen molar-refractivity contribution in [2.75, 3.05) is 16.9 Å². The average molecular weight is 615 g/mol. The van der Waals surface area contributed by atoms with Crippen molar-refractivity contribution in [2.24, 2.45) is 5.92 Å². The smallest absolute Gasteiger partial charge is 0.326 e. The van der Waals surface area contributed by atoms with Crippen LogP contribution in [0.1, 0.15) is 60.3 Å². The van der Waals surface area contributed by atoms with Crippen molar-refractivity contribution in [2.45, 2.75) is 57.7 Å². The molecule has 230 valence electrons. The van der Waals surface area contributed by atoms with Gasteiger partial charge in [-0.05, 0) is 73.2 Å². The number of benzene rings is 2. The highest BCUT2D eigenvalue weighted by Crippen LogP contribution is 2.31. The first-order valence-electron chi connectivity index (χ1n) is 15.0. The van der Waals surface area contributed by atoms with Crippen LogP contribution in [0, 0.1) is 5.92 Å². The highest BCUT2D eigenvalue weighted by molar-refractivity contribution is 7.98. The standard InChI is InChI=1S/C34H38N4O5S/c1-44-19-18-29(34(41)42)36-32(39)31-17-16-30(43-31)25-12-14-27(15-13-25)38(33(40)26-10-6-3-7-11-26)22-28-20-35-23-37(28)21-24-8-4-2-5-9-24/h2,4-5,8-9,12-17,20,23,26,29H,3,6-7,10-11,18-19,21-22H2,1H3,(H,36,39)(H,41,42). The van der Waals surface area contributed by atoms with Crippen LogP contribution in [0.4, 0.5) is 5.69 Å². The molecule has 1 atom stereocenters. The predicted molar refractivity (Wildman–Crippen MR) is 172 cm³/mol. The Kier molecular flexibility index (Phi) is 10.6. The molecule has 1 aliphatic rings. The summed E-state index contributed by atoms with van der Waals surface area (Å²) in [5.74, 6) is -0.406. The third-order valence-electron chi connectivity index (χ3n) is 8.04. The molecular formula is C34H38N4O5S. The number of hydrogen-bond donors (Lipinski definition) is 2. The minimum Gasteiger partial charge on any atom is -0.480 e. The van der Waals surface area contributed by atoms with Gasteiger partial charge in [-0.25, -0.2) is 9.78 Å². The summed E-state index contributed by atoms with van der Waals surface area (Å²) in [6.45, 7) is 1.06. The summed E-state index contributed by atoms with van der Waals surface area (Å²) in [5.41, 5.74) is 3.62. The highest BCUT2D eigenvalue weighted by Gasteiger charge is 2.28. The van der Waals surface area contributed by atoms with Crippen LogP contribution in [0.5, 0.6) is 0 Å². The number of carbonyl (C=O) groups excluding carboxylic acids is 2. The number of rotatable bonds is 13. The second-order valence-corrected chi connectivity index (χ2v) is 12.1. The molecule has 2 amide bonds. The Bertz CT molecular complexity index is 1540. The van der Waals surface area contributed by atoms with E-state index in [1.165, 1.54) is 18.2 Å². The fourth-order valence-electron chi connectivity index (χ4n) is 5.57. The zero-order valence-electron chi connectivity index (χ0n) is 24.9. The summed E-state index contributed by atoms with van der Waals surface area (Å²) >= 11 is 1.52. The molecule has 5 rings (SSSR count). The fraction of sp³-hybridized carbons (Fsp3) is 0.353. The van der Waals surface area contributed by atoms with Crippen LogP contribution in [0.2, 0.25) is 0 Å². The lowest BCUT2D eigenvalue weighted by atomic mass is 9.88. The number of aliphatic carboxylic acids is 1. The van der Waals surface area contributed by atoms with Crippen molar-refractivity contribution in [3.63, 3.8) is 0 Å². The lowest BCUT2D eigenvalue weighted by Gasteiger charge is -2.30. The average Bonchev–Trinajstić information content (AvgIpc) is 3.72. The van der Waals surface area contributed by atoms with Crippen LogP contribution in [0.3, 0.4) is 0 Å². The molecule has 9 nitrogen and oxygen atoms in total. The molecule has 2 N–H and O–H groups in total. The molecule has 1 aliphatic carbocycles. The summed E-state index contributed by atoms with van der Waals surface area (Å²) in [4.78, 5) is 44.4. The van der Waals surface area contributed by atoms with Gasteiger partial charge in [0.25, 0.3) is 5.91 Å². The molecule has 0 radical (unpaired) electrons. The third kappa shape index (κ3) is 7.79. The number of nitrogens with zero attached hydrogens (tertiary/aromatic N) is 3. The Morgan fingerprint density at radius 1 is 1.05 bits per heavy atom. The Morgan fingerprint density at radius 3 is 2.50 bits per heavy atom. The van der Waals surface area contributed by atoms with Gasteiger partial charge in [0.2, 0.25) is 5.91 Å². The number of aromatic nitrogens is 2. The van der Waals surface area contributed by atoms with Gasteiger partial charge in [0.05, 0.1) is 18.6 Å². The molecule has 0 spiro atoms. The maximum absolute atomic E-state index is 13.9. The summed E-state index contributed by atoms with van der Waals surface area (Å²) < 4.78 is 7.89. The van der Waals surface area contributed by atoms with Crippen LogP contribution in [0.25, 0.3) is 11.3 Å². The van der Waals surface area contributed by atoms with Crippen LogP contribution < -0.4 is 10.2 Å². The van der Waals surface area contributed by atoms with Gasteiger partial charge in [0.1, 0.15) is 11.8 Å². The molecule has 2 heterocycles. The number of hydrogen-bond acceptors (Lipinski definition) is 6. The molecule has 0 aliphatic heterocycles. The zero-order valence-corrected chi connectivity index (χ0v) is 25.7. The topological polar surface area (TPSA) is 118 Å². The number of imidazole rings is 1. The highest BCUT2D eigenvalue weighted by atomic mass is 32.2. The molecule has 1 saturated carbocycles. The van der Waals surface area contributed by atoms with E-state index in [0.29, 0.717) is 31.0 Å². The van der Waals surface area contributed by atoms with Crippen molar-refractivity contribution in [3.05, 3.63) is 96.3 Å². The first-order valence-corrected chi connectivity index (χ1v) is 16.4. The number of thioether (sulfide) groups is 1. The van der Waals surface area contributed by atoms with E-state index in [9.17, 15) is 19.5 Å². The van der Waals surface area contributed by atoms with Gasteiger partial charge >= 0.3 is 5.97 Å². The largest absolute Gasteiger partial charge is 0.480 e. The van der Waals surface area contributed by atoms with Crippen LogP contribution in [-0.4, -0.2) is 50.5 Å². The maximum atomic E-state index is 13.9. The summed E-state index contributed by atoms with van der Waals surface area (Å²) in [6.07, 6.45) is 10.9. The predicted octanol–water partition coefficient (Wildman–Crippen LogP) is 6.24. The minimum atomic E-state index is -1.08. The summed E-state index contributed by atoms with van der Waals surface area (Å²) in [7, 11) is 0. The van der Waals surface area contributed by atoms with Crippen LogP contribution in [0.15, 0.2) is 83.7 Å². The summed E-state index contributed by atoms with van der Waals surface area (Å²) in [6, 6.07) is 20.0. The number of carbonyl (C=O) groups is 3. The van der Waals surface area contributed by atoms with Crippen molar-refractivity contribution >= 4 is 35.2 Å². The van der Waals surface area contributed by atoms with E-state index in [2.05, 4.69) is 27.0 Å². The molecular weight excluding hydrogens is 576 g/mol. The maximum Gasteiger partial charge on any atom is 0.326 e. The fourth-order valence-corrected chi connectivity index (χ4v) is 6.05. The SMILES string of the molecule is CSCCC(NC(=O)c1ccc(-c2ccc(N(Cc3cncn3Cc3ccccc3)C(=O)C3CCCCC3)cc2)o1)C(=O)O. The van der Waals surface area contributed by atoms with Crippen LogP contribution in [-0.2, 0) is 22.7 Å². The van der Waals surface area contributed by atoms with E-state index in [1.807, 2.05) is 59.8 Å². The van der Waals surface area contributed by atoms with Gasteiger partial charge in [-0.15, -0.1) is 0 Å². The Labute approximate surface area is 261 Å². The van der Waals surface area contributed by atoms with Crippen molar-refractivity contribution < 1.29 is 23.9 Å². The number of carboxylic acid groups (broad SMARTS) is 1. The Morgan fingerprint density at radius 2 is 1.80 bits per heavy atom. The van der Waals surface area contributed by atoms with Gasteiger partial charge in [-0.2, -0.15) is 11.8 Å². The molecule has 10 heteroatoms. The van der Waals surface area contributed by atoms with E-state index < -0.39 is 17.9 Å². The zero-order chi connectivity index (χ0) is 30.9. The van der Waals surface area contributed by atoms with Crippen LogP contribution >= 0.6 is 11.8 Å². The number of nitrogens with one attached hydrogen (secondary N) is 1. The van der Waals surface area contributed by atoms with Gasteiger partial charge in [-0.3, -0.25) is 9.59 Å². The number of carboxylic acids is 1. The molecule has 4 aromatic rings. The third-order valence-corrected chi connectivity index (χ3v) is 8.69. The second-order valence-electron chi connectivity index (χ2n) is 11.1. The lowest BCUT2D eigenvalue weighted by Crippen LogP contribution is -2.41. The Balaban J connectivity index is 1.34. The molecule has 44 heavy (non-hydrogen) atoms. The van der Waals surface area contributed by atoms with Gasteiger partial charge < -0.3 is 24.3 Å². The van der Waals surface area contributed by atoms with Crippen molar-refractivity contribution in [3.8, 4) is 11.3 Å².